The number of fused-ring (bicyclic) bond motifs is 5. The molecule has 4 saturated carbocycles. The summed E-state index contributed by atoms with van der Waals surface area (Å²) in [5.41, 5.74) is 0.249. The molecule has 0 aromatic rings. The second kappa shape index (κ2) is 9.33. The normalized spacial score (nSPS) is 46.0. The molecule has 1 aliphatic heterocycles. The minimum absolute atomic E-state index is 0.0761. The molecule has 9 heteroatoms. The summed E-state index contributed by atoms with van der Waals surface area (Å²) >= 11 is 1.65. The van der Waals surface area contributed by atoms with E-state index in [1.807, 2.05) is 0 Å². The van der Waals surface area contributed by atoms with E-state index in [1.54, 1.807) is 11.8 Å². The van der Waals surface area contributed by atoms with Crippen LogP contribution in [0.1, 0.15) is 85.5 Å². The Morgan fingerprint density at radius 1 is 1.08 bits per heavy atom. The Morgan fingerprint density at radius 3 is 2.49 bits per heavy atom. The third-order valence-corrected chi connectivity index (χ3v) is 13.9. The smallest absolute Gasteiger partial charge is 0.266 e. The van der Waals surface area contributed by atoms with E-state index < -0.39 is 15.9 Å². The zero-order valence-corrected chi connectivity index (χ0v) is 24.3. The van der Waals surface area contributed by atoms with E-state index >= 15 is 0 Å². The molecular weight excluding hydrogens is 510 g/mol. The topological polar surface area (TPSA) is 118 Å². The van der Waals surface area contributed by atoms with Gasteiger partial charge in [-0.3, -0.25) is 18.9 Å². The van der Waals surface area contributed by atoms with E-state index in [4.69, 9.17) is 4.55 Å². The molecule has 7 nitrogen and oxygen atoms in total. The first kappa shape index (κ1) is 27.6. The van der Waals surface area contributed by atoms with Gasteiger partial charge in [0.1, 0.15) is 11.6 Å². The minimum atomic E-state index is -4.09. The third-order valence-electron chi connectivity index (χ3n) is 11.6. The fourth-order valence-corrected chi connectivity index (χ4v) is 11.2. The molecule has 37 heavy (non-hydrogen) atoms. The lowest BCUT2D eigenvalue weighted by Gasteiger charge is -2.59. The molecule has 1 amide bonds. The Labute approximate surface area is 225 Å². The van der Waals surface area contributed by atoms with Crippen molar-refractivity contribution in [1.29, 1.82) is 0 Å². The lowest BCUT2D eigenvalue weighted by Crippen LogP contribution is -2.57. The molecule has 0 spiro atoms. The summed E-state index contributed by atoms with van der Waals surface area (Å²) in [6.45, 7) is 9.17. The van der Waals surface area contributed by atoms with Crippen LogP contribution in [0.3, 0.4) is 0 Å². The van der Waals surface area contributed by atoms with Gasteiger partial charge in [0.15, 0.2) is 0 Å². The predicted octanol–water partition coefficient (Wildman–Crippen LogP) is 4.30. The number of rotatable bonds is 7. The van der Waals surface area contributed by atoms with E-state index in [0.717, 1.165) is 38.5 Å². The van der Waals surface area contributed by atoms with Crippen molar-refractivity contribution >= 4 is 39.4 Å². The molecule has 1 saturated heterocycles. The standard InChI is InChI=1S/C28H43NO6S2/c1-16(15-28(4)24(36-28)25(32)29-11-12-37(33,34)35)19-5-6-20-23-21(8-10-27(19,20)3)26(2)9-7-18(30)13-17(26)14-22(23)31/h16-17,19-21,23-24H,5-15H2,1-4H3,(H,29,32)(H,33,34,35)/t16-,17?,19-,20?,21?,23?,24?,26+,27-,28+/m1/s1. The Hall–Kier alpha value is -0.930. The van der Waals surface area contributed by atoms with Gasteiger partial charge in [-0.2, -0.15) is 8.42 Å². The van der Waals surface area contributed by atoms with E-state index in [9.17, 15) is 22.8 Å². The number of Topliss-reactive ketones (excluding diaryl/α,β-unsaturated/α-hetero) is 2. The molecule has 0 radical (unpaired) electrons. The second-order valence-corrected chi connectivity index (χ2v) is 16.9. The van der Waals surface area contributed by atoms with Crippen LogP contribution in [0.2, 0.25) is 0 Å². The summed E-state index contributed by atoms with van der Waals surface area (Å²) < 4.78 is 30.6. The van der Waals surface area contributed by atoms with E-state index in [0.29, 0.717) is 54.5 Å². The summed E-state index contributed by atoms with van der Waals surface area (Å²) in [5.74, 6) is 2.27. The molecule has 4 aliphatic carbocycles. The van der Waals surface area contributed by atoms with Crippen molar-refractivity contribution in [2.75, 3.05) is 12.3 Å². The Balaban J connectivity index is 1.24. The van der Waals surface area contributed by atoms with Gasteiger partial charge in [-0.1, -0.05) is 20.8 Å². The monoisotopic (exact) mass is 553 g/mol. The van der Waals surface area contributed by atoms with Gasteiger partial charge in [0.05, 0.1) is 11.0 Å². The lowest BCUT2D eigenvalue weighted by molar-refractivity contribution is -0.159. The van der Waals surface area contributed by atoms with Crippen molar-refractivity contribution in [2.45, 2.75) is 95.5 Å². The van der Waals surface area contributed by atoms with Crippen LogP contribution in [0.25, 0.3) is 0 Å². The summed E-state index contributed by atoms with van der Waals surface area (Å²) in [6, 6.07) is 0. The summed E-state index contributed by atoms with van der Waals surface area (Å²) in [5, 5.41) is 2.47. The minimum Gasteiger partial charge on any atom is -0.354 e. The molecule has 5 aliphatic rings. The molecule has 1 heterocycles. The van der Waals surface area contributed by atoms with Crippen molar-refractivity contribution in [1.82, 2.24) is 5.32 Å². The van der Waals surface area contributed by atoms with Gasteiger partial charge in [0.2, 0.25) is 5.91 Å². The molecule has 2 N–H and O–H groups in total. The van der Waals surface area contributed by atoms with Crippen molar-refractivity contribution in [3.05, 3.63) is 0 Å². The number of carbonyl (C=O) groups is 3. The zero-order valence-electron chi connectivity index (χ0n) is 22.6. The molecule has 0 aromatic carbocycles. The van der Waals surface area contributed by atoms with Gasteiger partial charge in [-0.15, -0.1) is 11.8 Å². The summed E-state index contributed by atoms with van der Waals surface area (Å²) in [7, 11) is -4.09. The average Bonchev–Trinajstić information content (AvgIpc) is 3.32. The van der Waals surface area contributed by atoms with Gasteiger partial charge in [0.25, 0.3) is 10.1 Å². The number of ketones is 2. The molecule has 208 valence electrons. The van der Waals surface area contributed by atoms with Crippen LogP contribution in [0.5, 0.6) is 0 Å². The van der Waals surface area contributed by atoms with E-state index in [-0.39, 0.29) is 45.1 Å². The maximum absolute atomic E-state index is 13.6. The fourth-order valence-electron chi connectivity index (χ4n) is 9.60. The molecule has 10 atom stereocenters. The first-order valence-corrected chi connectivity index (χ1v) is 16.6. The number of hydrogen-bond acceptors (Lipinski definition) is 6. The largest absolute Gasteiger partial charge is 0.354 e. The van der Waals surface area contributed by atoms with Crippen LogP contribution in [-0.4, -0.2) is 52.7 Å². The predicted molar refractivity (Wildman–Crippen MR) is 144 cm³/mol. The quantitative estimate of drug-likeness (QED) is 0.357. The number of carbonyl (C=O) groups excluding carboxylic acids is 3. The van der Waals surface area contributed by atoms with Crippen molar-refractivity contribution in [3.8, 4) is 0 Å². The maximum Gasteiger partial charge on any atom is 0.266 e. The molecular formula is C28H43NO6S2. The Kier molecular flexibility index (Phi) is 6.96. The molecule has 0 bridgehead atoms. The molecule has 5 rings (SSSR count). The lowest BCUT2D eigenvalue weighted by atomic mass is 9.44. The van der Waals surface area contributed by atoms with E-state index in [2.05, 4.69) is 33.0 Å². The van der Waals surface area contributed by atoms with Gasteiger partial charge in [-0.05, 0) is 85.9 Å². The van der Waals surface area contributed by atoms with Crippen molar-refractivity contribution in [2.24, 2.45) is 46.3 Å². The third kappa shape index (κ3) is 4.83. The highest BCUT2D eigenvalue weighted by atomic mass is 32.2. The Morgan fingerprint density at radius 2 is 1.78 bits per heavy atom. The van der Waals surface area contributed by atoms with E-state index in [1.165, 1.54) is 0 Å². The highest BCUT2D eigenvalue weighted by Gasteiger charge is 2.64. The van der Waals surface area contributed by atoms with Gasteiger partial charge >= 0.3 is 0 Å². The Bertz CT molecular complexity index is 1090. The second-order valence-electron chi connectivity index (χ2n) is 13.7. The van der Waals surface area contributed by atoms with Gasteiger partial charge in [0, 0.05) is 36.5 Å². The number of hydrogen-bond donors (Lipinski definition) is 2. The van der Waals surface area contributed by atoms with Crippen LogP contribution < -0.4 is 5.32 Å². The number of thioether (sulfide) groups is 1. The first-order valence-electron chi connectivity index (χ1n) is 14.1. The average molecular weight is 554 g/mol. The highest BCUT2D eigenvalue weighted by Crippen LogP contribution is 2.68. The van der Waals surface area contributed by atoms with Crippen LogP contribution in [0.15, 0.2) is 0 Å². The van der Waals surface area contributed by atoms with Crippen LogP contribution in [-0.2, 0) is 24.5 Å². The van der Waals surface area contributed by atoms with Gasteiger partial charge in [-0.25, -0.2) is 0 Å². The molecule has 5 unspecified atom stereocenters. The SMILES string of the molecule is C[C@H](C[C@]1(C)SC1C(=O)NCCS(=O)(=O)O)[C@H]1CCC2C3C(=O)CC4CC(=O)CC[C@]4(C)C3CC[C@@]21C. The van der Waals surface area contributed by atoms with Crippen LogP contribution in [0.4, 0.5) is 0 Å². The number of amides is 1. The van der Waals surface area contributed by atoms with Crippen molar-refractivity contribution in [3.63, 3.8) is 0 Å². The molecule has 0 aromatic heterocycles. The summed E-state index contributed by atoms with van der Waals surface area (Å²) in [6.07, 6.45) is 8.16. The maximum atomic E-state index is 13.6. The number of nitrogens with one attached hydrogen (secondary N) is 1. The van der Waals surface area contributed by atoms with Crippen LogP contribution in [0, 0.1) is 46.3 Å². The summed E-state index contributed by atoms with van der Waals surface area (Å²) in [4.78, 5) is 38.4. The van der Waals surface area contributed by atoms with Crippen LogP contribution >= 0.6 is 11.8 Å². The molecule has 5 fully saturated rings. The first-order chi connectivity index (χ1) is 17.2. The highest BCUT2D eigenvalue weighted by molar-refractivity contribution is 8.09. The fraction of sp³-hybridized carbons (Fsp3) is 0.893. The van der Waals surface area contributed by atoms with Crippen molar-refractivity contribution < 1.29 is 27.4 Å². The van der Waals surface area contributed by atoms with Gasteiger partial charge < -0.3 is 5.32 Å². The zero-order chi connectivity index (χ0) is 27.0.